The molecule has 1 saturated heterocycles. The molecule has 23 heavy (non-hydrogen) atoms. The summed E-state index contributed by atoms with van der Waals surface area (Å²) in [6, 6.07) is 0.314. The van der Waals surface area contributed by atoms with Crippen LogP contribution in [0.1, 0.15) is 32.1 Å². The standard InChI is InChI=1S/C16H25N3O4/c20-15(14-12-22-10-11-23-14)18-6-8-19(9-7-18)16(21)17-13-4-2-1-3-5-13/h12-13H,1-11H2,(H,17,21). The normalized spacial score (nSPS) is 22.7. The number of hydrogen-bond donors (Lipinski definition) is 1. The molecule has 0 aromatic rings. The number of carbonyl (C=O) groups excluding carboxylic acids is 2. The van der Waals surface area contributed by atoms with E-state index >= 15 is 0 Å². The van der Waals surface area contributed by atoms with Gasteiger partial charge in [0.1, 0.15) is 19.5 Å². The Hall–Kier alpha value is -1.92. The van der Waals surface area contributed by atoms with Crippen LogP contribution in [0.15, 0.2) is 12.0 Å². The van der Waals surface area contributed by atoms with Gasteiger partial charge in [0.25, 0.3) is 5.91 Å². The van der Waals surface area contributed by atoms with Crippen molar-refractivity contribution in [1.29, 1.82) is 0 Å². The fraction of sp³-hybridized carbons (Fsp3) is 0.750. The second kappa shape index (κ2) is 7.57. The molecular weight excluding hydrogens is 298 g/mol. The summed E-state index contributed by atoms with van der Waals surface area (Å²) in [6.07, 6.45) is 7.21. The smallest absolute Gasteiger partial charge is 0.317 e. The average molecular weight is 323 g/mol. The fourth-order valence-corrected chi connectivity index (χ4v) is 3.26. The van der Waals surface area contributed by atoms with Gasteiger partial charge in [0, 0.05) is 32.2 Å². The molecular formula is C16H25N3O4. The highest BCUT2D eigenvalue weighted by Crippen LogP contribution is 2.18. The van der Waals surface area contributed by atoms with Crippen LogP contribution < -0.4 is 5.32 Å². The molecule has 1 saturated carbocycles. The Labute approximate surface area is 136 Å². The number of hydrogen-bond acceptors (Lipinski definition) is 4. The van der Waals surface area contributed by atoms with Crippen molar-refractivity contribution in [3.05, 3.63) is 12.0 Å². The summed E-state index contributed by atoms with van der Waals surface area (Å²) in [5, 5.41) is 3.12. The molecule has 0 bridgehead atoms. The maximum Gasteiger partial charge on any atom is 0.317 e. The van der Waals surface area contributed by atoms with E-state index in [-0.39, 0.29) is 17.7 Å². The first-order chi connectivity index (χ1) is 11.2. The summed E-state index contributed by atoms with van der Waals surface area (Å²) in [6.45, 7) is 3.04. The van der Waals surface area contributed by atoms with Crippen LogP contribution in [0.2, 0.25) is 0 Å². The maximum atomic E-state index is 12.3. The van der Waals surface area contributed by atoms with E-state index in [9.17, 15) is 9.59 Å². The molecule has 3 rings (SSSR count). The van der Waals surface area contributed by atoms with E-state index in [2.05, 4.69) is 5.32 Å². The summed E-state index contributed by atoms with van der Waals surface area (Å²) < 4.78 is 10.4. The highest BCUT2D eigenvalue weighted by Gasteiger charge is 2.28. The molecule has 0 radical (unpaired) electrons. The van der Waals surface area contributed by atoms with Gasteiger partial charge in [-0.15, -0.1) is 0 Å². The lowest BCUT2D eigenvalue weighted by Gasteiger charge is -2.36. The van der Waals surface area contributed by atoms with Gasteiger partial charge in [-0.05, 0) is 12.8 Å². The number of piperazine rings is 1. The summed E-state index contributed by atoms with van der Waals surface area (Å²) in [5.74, 6) is 0.105. The van der Waals surface area contributed by atoms with Gasteiger partial charge in [0.15, 0.2) is 0 Å². The van der Waals surface area contributed by atoms with Crippen LogP contribution in [0.5, 0.6) is 0 Å². The number of amides is 3. The zero-order valence-corrected chi connectivity index (χ0v) is 13.5. The van der Waals surface area contributed by atoms with E-state index in [0.29, 0.717) is 45.4 Å². The van der Waals surface area contributed by atoms with E-state index in [4.69, 9.17) is 9.47 Å². The Morgan fingerprint density at radius 1 is 1.00 bits per heavy atom. The third-order valence-corrected chi connectivity index (χ3v) is 4.65. The lowest BCUT2D eigenvalue weighted by molar-refractivity contribution is -0.133. The van der Waals surface area contributed by atoms with Gasteiger partial charge in [-0.2, -0.15) is 0 Å². The minimum Gasteiger partial charge on any atom is -0.494 e. The lowest BCUT2D eigenvalue weighted by Crippen LogP contribution is -2.55. The van der Waals surface area contributed by atoms with Gasteiger partial charge in [-0.3, -0.25) is 4.79 Å². The number of urea groups is 1. The molecule has 2 aliphatic heterocycles. The minimum atomic E-state index is -0.156. The summed E-state index contributed by atoms with van der Waals surface area (Å²) >= 11 is 0. The fourth-order valence-electron chi connectivity index (χ4n) is 3.26. The van der Waals surface area contributed by atoms with Gasteiger partial charge in [-0.25, -0.2) is 4.79 Å². The predicted octanol–water partition coefficient (Wildman–Crippen LogP) is 1.06. The molecule has 2 heterocycles. The topological polar surface area (TPSA) is 71.1 Å². The summed E-state index contributed by atoms with van der Waals surface area (Å²) in [4.78, 5) is 28.1. The van der Waals surface area contributed by atoms with Crippen molar-refractivity contribution in [2.45, 2.75) is 38.1 Å². The van der Waals surface area contributed by atoms with E-state index in [1.807, 2.05) is 0 Å². The van der Waals surface area contributed by atoms with Crippen molar-refractivity contribution >= 4 is 11.9 Å². The number of nitrogens with zero attached hydrogens (tertiary/aromatic N) is 2. The zero-order chi connectivity index (χ0) is 16.1. The summed E-state index contributed by atoms with van der Waals surface area (Å²) in [7, 11) is 0. The highest BCUT2D eigenvalue weighted by atomic mass is 16.6. The molecule has 0 aromatic carbocycles. The molecule has 2 fully saturated rings. The monoisotopic (exact) mass is 323 g/mol. The Morgan fingerprint density at radius 2 is 1.70 bits per heavy atom. The SMILES string of the molecule is O=C(NC1CCCCC1)N1CCN(C(=O)C2=COCCO2)CC1. The molecule has 7 heteroatoms. The number of rotatable bonds is 2. The molecule has 0 spiro atoms. The third-order valence-electron chi connectivity index (χ3n) is 4.65. The van der Waals surface area contributed by atoms with Crippen molar-refractivity contribution in [2.75, 3.05) is 39.4 Å². The van der Waals surface area contributed by atoms with Crippen LogP contribution in [0.4, 0.5) is 4.79 Å². The zero-order valence-electron chi connectivity index (χ0n) is 13.5. The first-order valence-electron chi connectivity index (χ1n) is 8.53. The lowest BCUT2D eigenvalue weighted by atomic mass is 9.96. The van der Waals surface area contributed by atoms with Gasteiger partial charge in [0.2, 0.25) is 5.76 Å². The minimum absolute atomic E-state index is 0.000430. The van der Waals surface area contributed by atoms with Gasteiger partial charge < -0.3 is 24.6 Å². The Morgan fingerprint density at radius 3 is 2.35 bits per heavy atom. The van der Waals surface area contributed by atoms with Crippen LogP contribution in [-0.4, -0.2) is 67.2 Å². The van der Waals surface area contributed by atoms with Crippen molar-refractivity contribution in [1.82, 2.24) is 15.1 Å². The molecule has 1 N–H and O–H groups in total. The van der Waals surface area contributed by atoms with E-state index in [1.54, 1.807) is 9.80 Å². The van der Waals surface area contributed by atoms with Crippen LogP contribution in [-0.2, 0) is 14.3 Å². The molecule has 7 nitrogen and oxygen atoms in total. The van der Waals surface area contributed by atoms with Gasteiger partial charge in [-0.1, -0.05) is 19.3 Å². The number of carbonyl (C=O) groups is 2. The predicted molar refractivity (Wildman–Crippen MR) is 83.5 cm³/mol. The second-order valence-electron chi connectivity index (χ2n) is 6.27. The average Bonchev–Trinajstić information content (AvgIpc) is 2.63. The first kappa shape index (κ1) is 16.0. The van der Waals surface area contributed by atoms with Crippen LogP contribution in [0.25, 0.3) is 0 Å². The van der Waals surface area contributed by atoms with E-state index in [0.717, 1.165) is 12.8 Å². The quantitative estimate of drug-likeness (QED) is 0.825. The van der Waals surface area contributed by atoms with Crippen LogP contribution in [0.3, 0.4) is 0 Å². The van der Waals surface area contributed by atoms with Crippen molar-refractivity contribution in [3.8, 4) is 0 Å². The molecule has 128 valence electrons. The highest BCUT2D eigenvalue weighted by molar-refractivity contribution is 5.91. The summed E-state index contributed by atoms with van der Waals surface area (Å²) in [5.41, 5.74) is 0. The van der Waals surface area contributed by atoms with Gasteiger partial charge >= 0.3 is 6.03 Å². The molecule has 0 unspecified atom stereocenters. The Kier molecular flexibility index (Phi) is 5.25. The molecule has 3 amide bonds. The largest absolute Gasteiger partial charge is 0.494 e. The number of ether oxygens (including phenoxy) is 2. The van der Waals surface area contributed by atoms with E-state index in [1.165, 1.54) is 25.5 Å². The molecule has 1 aliphatic carbocycles. The first-order valence-corrected chi connectivity index (χ1v) is 8.53. The maximum absolute atomic E-state index is 12.3. The molecule has 0 atom stereocenters. The molecule has 3 aliphatic rings. The van der Waals surface area contributed by atoms with E-state index < -0.39 is 0 Å². The second-order valence-corrected chi connectivity index (χ2v) is 6.27. The van der Waals surface area contributed by atoms with Crippen molar-refractivity contribution in [3.63, 3.8) is 0 Å². The van der Waals surface area contributed by atoms with Crippen molar-refractivity contribution < 1.29 is 19.1 Å². The Balaban J connectivity index is 1.45. The van der Waals surface area contributed by atoms with Crippen LogP contribution >= 0.6 is 0 Å². The van der Waals surface area contributed by atoms with Gasteiger partial charge in [0.05, 0.1) is 0 Å². The Bertz CT molecular complexity index is 466. The van der Waals surface area contributed by atoms with Crippen LogP contribution in [0, 0.1) is 0 Å². The molecule has 0 aromatic heterocycles. The van der Waals surface area contributed by atoms with Crippen molar-refractivity contribution in [2.24, 2.45) is 0 Å². The number of nitrogens with one attached hydrogen (secondary N) is 1. The third kappa shape index (κ3) is 4.09.